The van der Waals surface area contributed by atoms with E-state index in [9.17, 15) is 19.8 Å². The minimum absolute atomic E-state index is 0.0141. The summed E-state index contributed by atoms with van der Waals surface area (Å²) in [6.45, 7) is 1.83. The zero-order valence-electron chi connectivity index (χ0n) is 16.9. The van der Waals surface area contributed by atoms with E-state index in [1.165, 1.54) is 6.07 Å². The monoisotopic (exact) mass is 430 g/mol. The number of carboxylic acid groups (broad SMARTS) is 2. The summed E-state index contributed by atoms with van der Waals surface area (Å²) in [5.74, 6) is -2.48. The molecule has 0 amide bonds. The molecule has 10 heteroatoms. The first-order valence-corrected chi connectivity index (χ1v) is 9.66. The number of aliphatic hydroxyl groups is 2. The molecule has 1 aromatic carbocycles. The number of ether oxygens (including phenoxy) is 4. The van der Waals surface area contributed by atoms with Crippen molar-refractivity contribution in [1.82, 2.24) is 0 Å². The van der Waals surface area contributed by atoms with Gasteiger partial charge in [0.2, 0.25) is 0 Å². The van der Waals surface area contributed by atoms with Crippen LogP contribution in [0.2, 0.25) is 0 Å². The number of hydrogen-bond donors (Lipinski definition) is 4. The van der Waals surface area contributed by atoms with Crippen LogP contribution in [-0.4, -0.2) is 85.2 Å². The highest BCUT2D eigenvalue weighted by atomic mass is 16.5. The van der Waals surface area contributed by atoms with Crippen molar-refractivity contribution in [3.8, 4) is 0 Å². The lowest BCUT2D eigenvalue weighted by Crippen LogP contribution is -2.13. The summed E-state index contributed by atoms with van der Waals surface area (Å²) >= 11 is 0. The summed E-state index contributed by atoms with van der Waals surface area (Å²) in [4.78, 5) is 23.0. The fourth-order valence-corrected chi connectivity index (χ4v) is 2.56. The molecule has 0 saturated heterocycles. The highest BCUT2D eigenvalue weighted by Gasteiger charge is 2.19. The van der Waals surface area contributed by atoms with Crippen LogP contribution in [-0.2, 0) is 32.2 Å². The lowest BCUT2D eigenvalue weighted by Gasteiger charge is -2.15. The number of benzene rings is 1. The van der Waals surface area contributed by atoms with Crippen molar-refractivity contribution in [1.29, 1.82) is 0 Å². The third-order valence-electron chi connectivity index (χ3n) is 3.95. The quantitative estimate of drug-likeness (QED) is 0.247. The molecule has 30 heavy (non-hydrogen) atoms. The molecule has 0 aromatic heterocycles. The second kappa shape index (κ2) is 15.7. The van der Waals surface area contributed by atoms with Gasteiger partial charge in [-0.25, -0.2) is 9.59 Å². The Balaban J connectivity index is 2.75. The van der Waals surface area contributed by atoms with Crippen LogP contribution in [0, 0.1) is 0 Å². The van der Waals surface area contributed by atoms with Gasteiger partial charge in [-0.05, 0) is 36.1 Å². The molecule has 1 aromatic rings. The minimum Gasteiger partial charge on any atom is -0.478 e. The van der Waals surface area contributed by atoms with Crippen LogP contribution in [0.4, 0.5) is 0 Å². The van der Waals surface area contributed by atoms with Gasteiger partial charge in [-0.1, -0.05) is 0 Å². The summed E-state index contributed by atoms with van der Waals surface area (Å²) in [5, 5.41) is 36.1. The summed E-state index contributed by atoms with van der Waals surface area (Å²) in [6, 6.07) is 2.50. The Morgan fingerprint density at radius 3 is 1.73 bits per heavy atom. The lowest BCUT2D eigenvalue weighted by molar-refractivity contribution is 0.0537. The molecule has 0 aliphatic rings. The van der Waals surface area contributed by atoms with E-state index in [-0.39, 0.29) is 50.8 Å². The van der Waals surface area contributed by atoms with E-state index >= 15 is 0 Å². The number of carbonyl (C=O) groups is 2. The van der Waals surface area contributed by atoms with Crippen LogP contribution in [0.5, 0.6) is 0 Å². The zero-order valence-corrected chi connectivity index (χ0v) is 16.9. The standard InChI is InChI=1S/C20H30O10/c21-3-9-27-5-1-7-29-13-16-11-15(19(23)24)12-17(20(25)26)18(16)14-30-8-2-6-28-10-4-22/h11-12,21-22H,1-10,13-14H2,(H,23,24)(H,25,26). The normalized spacial score (nSPS) is 11.0. The van der Waals surface area contributed by atoms with E-state index in [0.717, 1.165) is 6.07 Å². The number of carboxylic acids is 2. The number of rotatable bonds is 18. The second-order valence-corrected chi connectivity index (χ2v) is 6.26. The van der Waals surface area contributed by atoms with E-state index in [0.29, 0.717) is 50.4 Å². The summed E-state index contributed by atoms with van der Waals surface area (Å²) in [7, 11) is 0. The maximum absolute atomic E-state index is 11.7. The van der Waals surface area contributed by atoms with Crippen molar-refractivity contribution in [3.05, 3.63) is 34.4 Å². The van der Waals surface area contributed by atoms with Crippen molar-refractivity contribution in [2.24, 2.45) is 0 Å². The number of aliphatic hydroxyl groups excluding tert-OH is 2. The van der Waals surface area contributed by atoms with Gasteiger partial charge in [0.25, 0.3) is 0 Å². The average molecular weight is 430 g/mol. The van der Waals surface area contributed by atoms with Gasteiger partial charge >= 0.3 is 11.9 Å². The zero-order chi connectivity index (χ0) is 22.2. The predicted molar refractivity (Wildman–Crippen MR) is 105 cm³/mol. The van der Waals surface area contributed by atoms with Gasteiger partial charge in [0.05, 0.1) is 50.8 Å². The Morgan fingerprint density at radius 2 is 1.23 bits per heavy atom. The maximum atomic E-state index is 11.7. The van der Waals surface area contributed by atoms with Gasteiger partial charge in [0.15, 0.2) is 0 Å². The Kier molecular flexibility index (Phi) is 13.6. The van der Waals surface area contributed by atoms with Crippen molar-refractivity contribution < 1.29 is 49.0 Å². The van der Waals surface area contributed by atoms with Crippen LogP contribution < -0.4 is 0 Å². The van der Waals surface area contributed by atoms with Gasteiger partial charge < -0.3 is 39.4 Å². The minimum atomic E-state index is -1.25. The molecule has 0 saturated carbocycles. The number of hydrogen-bond acceptors (Lipinski definition) is 8. The molecule has 0 radical (unpaired) electrons. The Bertz CT molecular complexity index is 647. The highest BCUT2D eigenvalue weighted by Crippen LogP contribution is 2.21. The Morgan fingerprint density at radius 1 is 0.700 bits per heavy atom. The molecule has 0 atom stereocenters. The van der Waals surface area contributed by atoms with Crippen molar-refractivity contribution in [2.75, 3.05) is 52.9 Å². The van der Waals surface area contributed by atoms with Gasteiger partial charge in [-0.15, -0.1) is 0 Å². The van der Waals surface area contributed by atoms with E-state index in [2.05, 4.69) is 0 Å². The fraction of sp³-hybridized carbons (Fsp3) is 0.600. The van der Waals surface area contributed by atoms with Gasteiger partial charge in [-0.2, -0.15) is 0 Å². The summed E-state index contributed by atoms with van der Waals surface area (Å²) < 4.78 is 21.4. The molecule has 10 nitrogen and oxygen atoms in total. The summed E-state index contributed by atoms with van der Waals surface area (Å²) in [6.07, 6.45) is 1.14. The Hall–Kier alpha value is -2.08. The first kappa shape index (κ1) is 26.0. The highest BCUT2D eigenvalue weighted by molar-refractivity contribution is 5.95. The average Bonchev–Trinajstić information content (AvgIpc) is 2.72. The van der Waals surface area contributed by atoms with Crippen LogP contribution in [0.1, 0.15) is 44.7 Å². The molecule has 0 spiro atoms. The third-order valence-corrected chi connectivity index (χ3v) is 3.95. The largest absolute Gasteiger partial charge is 0.478 e. The third kappa shape index (κ3) is 10.1. The van der Waals surface area contributed by atoms with Gasteiger partial charge in [-0.3, -0.25) is 0 Å². The predicted octanol–water partition coefficient (Wildman–Crippen LogP) is 0.914. The summed E-state index contributed by atoms with van der Waals surface area (Å²) in [5.41, 5.74) is 0.509. The molecule has 4 N–H and O–H groups in total. The molecule has 0 aliphatic heterocycles. The molecular formula is C20H30O10. The van der Waals surface area contributed by atoms with E-state index in [4.69, 9.17) is 29.2 Å². The molecule has 0 bridgehead atoms. The van der Waals surface area contributed by atoms with E-state index < -0.39 is 11.9 Å². The van der Waals surface area contributed by atoms with Crippen LogP contribution in [0.3, 0.4) is 0 Å². The molecule has 1 rings (SSSR count). The molecule has 0 aliphatic carbocycles. The number of aromatic carboxylic acids is 2. The Labute approximate surface area is 174 Å². The van der Waals surface area contributed by atoms with Crippen molar-refractivity contribution in [2.45, 2.75) is 26.1 Å². The molecule has 0 heterocycles. The van der Waals surface area contributed by atoms with Crippen LogP contribution >= 0.6 is 0 Å². The molecule has 0 fully saturated rings. The van der Waals surface area contributed by atoms with E-state index in [1.54, 1.807) is 0 Å². The first-order chi connectivity index (χ1) is 14.5. The lowest BCUT2D eigenvalue weighted by atomic mass is 9.98. The van der Waals surface area contributed by atoms with Gasteiger partial charge in [0.1, 0.15) is 0 Å². The topological polar surface area (TPSA) is 152 Å². The van der Waals surface area contributed by atoms with Crippen LogP contribution in [0.25, 0.3) is 0 Å². The van der Waals surface area contributed by atoms with Crippen LogP contribution in [0.15, 0.2) is 12.1 Å². The van der Waals surface area contributed by atoms with E-state index in [1.807, 2.05) is 0 Å². The SMILES string of the molecule is O=C(O)c1cc(COCCCOCCO)c(COCCCOCCO)c(C(=O)O)c1. The second-order valence-electron chi connectivity index (χ2n) is 6.26. The fourth-order valence-electron chi connectivity index (χ4n) is 2.56. The first-order valence-electron chi connectivity index (χ1n) is 9.66. The molecule has 170 valence electrons. The van der Waals surface area contributed by atoms with Crippen molar-refractivity contribution in [3.63, 3.8) is 0 Å². The van der Waals surface area contributed by atoms with Crippen molar-refractivity contribution >= 4 is 11.9 Å². The van der Waals surface area contributed by atoms with Gasteiger partial charge in [0, 0.05) is 26.4 Å². The smallest absolute Gasteiger partial charge is 0.336 e. The molecular weight excluding hydrogens is 400 g/mol. The maximum Gasteiger partial charge on any atom is 0.336 e. The molecule has 0 unspecified atom stereocenters.